The molecule has 0 aromatic heterocycles. The highest BCUT2D eigenvalue weighted by Gasteiger charge is 2.12. The van der Waals surface area contributed by atoms with Crippen LogP contribution in [0.1, 0.15) is 21.5 Å². The molecule has 0 unspecified atom stereocenters. The molecule has 5 heteroatoms. The maximum absolute atomic E-state index is 13.5. The van der Waals surface area contributed by atoms with Crippen LogP contribution in [0.2, 0.25) is 0 Å². The van der Waals surface area contributed by atoms with Crippen LogP contribution in [0.4, 0.5) is 4.39 Å². The Balaban J connectivity index is 2.36. The molecule has 0 aliphatic rings. The number of carboxylic acid groups (broad SMARTS) is 1. The third-order valence-corrected chi connectivity index (χ3v) is 2.66. The van der Waals surface area contributed by atoms with Crippen molar-refractivity contribution >= 4 is 5.97 Å². The first-order chi connectivity index (χ1) is 9.51. The molecular formula is C15H10FNO3. The number of carbonyl (C=O) groups is 1. The normalized spacial score (nSPS) is 9.85. The Bertz CT molecular complexity index is 720. The van der Waals surface area contributed by atoms with Gasteiger partial charge in [-0.3, -0.25) is 0 Å². The van der Waals surface area contributed by atoms with Crippen molar-refractivity contribution in [2.45, 2.75) is 6.92 Å². The maximum Gasteiger partial charge on any atom is 0.338 e. The Hall–Kier alpha value is -2.87. The maximum atomic E-state index is 13.5. The molecule has 2 aromatic carbocycles. The fraction of sp³-hybridized carbons (Fsp3) is 0.0667. The third-order valence-electron chi connectivity index (χ3n) is 2.66. The lowest BCUT2D eigenvalue weighted by atomic mass is 10.1. The summed E-state index contributed by atoms with van der Waals surface area (Å²) in [5.41, 5.74) is 0.780. The van der Waals surface area contributed by atoms with Gasteiger partial charge in [0.25, 0.3) is 0 Å². The molecule has 2 rings (SSSR count). The lowest BCUT2D eigenvalue weighted by molar-refractivity contribution is 0.0692. The van der Waals surface area contributed by atoms with Crippen molar-refractivity contribution in [3.63, 3.8) is 0 Å². The second kappa shape index (κ2) is 5.41. The fourth-order valence-electron chi connectivity index (χ4n) is 1.67. The van der Waals surface area contributed by atoms with E-state index in [0.29, 0.717) is 11.3 Å². The monoisotopic (exact) mass is 271 g/mol. The summed E-state index contributed by atoms with van der Waals surface area (Å²) in [5.74, 6) is -1.80. The molecule has 20 heavy (non-hydrogen) atoms. The number of carboxylic acids is 1. The summed E-state index contributed by atoms with van der Waals surface area (Å²) in [6, 6.07) is 10.4. The van der Waals surface area contributed by atoms with E-state index in [1.165, 1.54) is 6.07 Å². The Kier molecular flexibility index (Phi) is 3.67. The van der Waals surface area contributed by atoms with E-state index < -0.39 is 17.3 Å². The predicted octanol–water partition coefficient (Wildman–Crippen LogP) is 3.50. The van der Waals surface area contributed by atoms with Gasteiger partial charge >= 0.3 is 5.97 Å². The van der Waals surface area contributed by atoms with Crippen molar-refractivity contribution in [2.24, 2.45) is 0 Å². The van der Waals surface area contributed by atoms with Crippen LogP contribution in [0.3, 0.4) is 0 Å². The van der Waals surface area contributed by atoms with Crippen LogP contribution >= 0.6 is 0 Å². The van der Waals surface area contributed by atoms with Crippen molar-refractivity contribution in [1.82, 2.24) is 0 Å². The Morgan fingerprint density at radius 2 is 2.05 bits per heavy atom. The number of rotatable bonds is 3. The van der Waals surface area contributed by atoms with E-state index >= 15 is 0 Å². The van der Waals surface area contributed by atoms with Crippen LogP contribution in [-0.2, 0) is 0 Å². The molecule has 0 aliphatic carbocycles. The van der Waals surface area contributed by atoms with Gasteiger partial charge in [-0.05, 0) is 36.8 Å². The number of hydrogen-bond donors (Lipinski definition) is 1. The van der Waals surface area contributed by atoms with Gasteiger partial charge in [0.05, 0.1) is 11.1 Å². The largest absolute Gasteiger partial charge is 0.478 e. The smallest absolute Gasteiger partial charge is 0.338 e. The molecule has 0 spiro atoms. The van der Waals surface area contributed by atoms with Gasteiger partial charge in [-0.1, -0.05) is 6.07 Å². The number of aromatic carboxylic acids is 1. The summed E-state index contributed by atoms with van der Waals surface area (Å²) in [7, 11) is 0. The molecule has 0 bridgehead atoms. The first-order valence-corrected chi connectivity index (χ1v) is 5.72. The van der Waals surface area contributed by atoms with Gasteiger partial charge in [-0.15, -0.1) is 0 Å². The minimum absolute atomic E-state index is 0.134. The van der Waals surface area contributed by atoms with Gasteiger partial charge in [0, 0.05) is 6.07 Å². The average Bonchev–Trinajstić information content (AvgIpc) is 2.38. The average molecular weight is 271 g/mol. The van der Waals surface area contributed by atoms with Gasteiger partial charge in [0.1, 0.15) is 23.4 Å². The van der Waals surface area contributed by atoms with Crippen molar-refractivity contribution < 1.29 is 19.0 Å². The minimum Gasteiger partial charge on any atom is -0.478 e. The highest BCUT2D eigenvalue weighted by Crippen LogP contribution is 2.27. The molecule has 0 amide bonds. The third kappa shape index (κ3) is 2.75. The number of nitrogens with zero attached hydrogens (tertiary/aromatic N) is 1. The van der Waals surface area contributed by atoms with E-state index in [1.54, 1.807) is 18.2 Å². The summed E-state index contributed by atoms with van der Waals surface area (Å²) < 4.78 is 19.0. The Morgan fingerprint density at radius 1 is 1.30 bits per heavy atom. The van der Waals surface area contributed by atoms with Gasteiger partial charge in [0.15, 0.2) is 0 Å². The van der Waals surface area contributed by atoms with Crippen LogP contribution in [0.5, 0.6) is 11.5 Å². The van der Waals surface area contributed by atoms with Crippen LogP contribution < -0.4 is 4.74 Å². The van der Waals surface area contributed by atoms with Crippen LogP contribution in [0, 0.1) is 24.1 Å². The second-order valence-corrected chi connectivity index (χ2v) is 4.16. The van der Waals surface area contributed by atoms with E-state index in [1.807, 2.05) is 13.0 Å². The molecule has 0 saturated heterocycles. The number of hydrogen-bond acceptors (Lipinski definition) is 3. The van der Waals surface area contributed by atoms with Crippen molar-refractivity contribution in [1.29, 1.82) is 5.26 Å². The van der Waals surface area contributed by atoms with Crippen LogP contribution in [-0.4, -0.2) is 11.1 Å². The summed E-state index contributed by atoms with van der Waals surface area (Å²) in [6.07, 6.45) is 0. The fourth-order valence-corrected chi connectivity index (χ4v) is 1.67. The Labute approximate surface area is 114 Å². The lowest BCUT2D eigenvalue weighted by Crippen LogP contribution is -2.00. The summed E-state index contributed by atoms with van der Waals surface area (Å²) >= 11 is 0. The number of ether oxygens (including phenoxy) is 1. The van der Waals surface area contributed by atoms with E-state index in [2.05, 4.69) is 0 Å². The molecule has 0 aliphatic heterocycles. The summed E-state index contributed by atoms with van der Waals surface area (Å²) in [6.45, 7) is 1.84. The molecule has 0 atom stereocenters. The molecule has 100 valence electrons. The highest BCUT2D eigenvalue weighted by atomic mass is 19.1. The van der Waals surface area contributed by atoms with E-state index in [-0.39, 0.29) is 5.75 Å². The van der Waals surface area contributed by atoms with Gasteiger partial charge in [0.2, 0.25) is 0 Å². The van der Waals surface area contributed by atoms with Crippen LogP contribution in [0.25, 0.3) is 0 Å². The second-order valence-electron chi connectivity index (χ2n) is 4.16. The molecule has 0 saturated carbocycles. The molecule has 2 aromatic rings. The number of benzene rings is 2. The molecule has 1 N–H and O–H groups in total. The number of nitriles is 1. The lowest BCUT2D eigenvalue weighted by Gasteiger charge is -2.09. The molecule has 4 nitrogen and oxygen atoms in total. The summed E-state index contributed by atoms with van der Waals surface area (Å²) in [4.78, 5) is 10.7. The van der Waals surface area contributed by atoms with E-state index in [9.17, 15) is 9.18 Å². The zero-order valence-corrected chi connectivity index (χ0v) is 10.6. The minimum atomic E-state index is -1.35. The quantitative estimate of drug-likeness (QED) is 0.927. The van der Waals surface area contributed by atoms with Crippen molar-refractivity contribution in [2.75, 3.05) is 0 Å². The highest BCUT2D eigenvalue weighted by molar-refractivity contribution is 5.88. The number of halogens is 1. The SMILES string of the molecule is Cc1ccc(C#N)c(Oc2ccc(C(=O)O)c(F)c2)c1. The van der Waals surface area contributed by atoms with Crippen molar-refractivity contribution in [3.05, 3.63) is 58.9 Å². The van der Waals surface area contributed by atoms with Crippen molar-refractivity contribution in [3.8, 4) is 17.6 Å². The van der Waals surface area contributed by atoms with Crippen LogP contribution in [0.15, 0.2) is 36.4 Å². The molecule has 0 heterocycles. The van der Waals surface area contributed by atoms with Gasteiger partial charge < -0.3 is 9.84 Å². The molecule has 0 radical (unpaired) electrons. The standard InChI is InChI=1S/C15H10FNO3/c1-9-2-3-10(8-17)14(6-9)20-11-4-5-12(15(18)19)13(16)7-11/h2-7H,1H3,(H,18,19). The van der Waals surface area contributed by atoms with E-state index in [0.717, 1.165) is 17.7 Å². The predicted molar refractivity (Wildman–Crippen MR) is 69.3 cm³/mol. The first kappa shape index (κ1) is 13.6. The summed E-state index contributed by atoms with van der Waals surface area (Å²) in [5, 5.41) is 17.7. The zero-order valence-electron chi connectivity index (χ0n) is 10.6. The molecular weight excluding hydrogens is 261 g/mol. The first-order valence-electron chi connectivity index (χ1n) is 5.72. The van der Waals surface area contributed by atoms with Gasteiger partial charge in [-0.2, -0.15) is 5.26 Å². The van der Waals surface area contributed by atoms with E-state index in [4.69, 9.17) is 15.1 Å². The zero-order chi connectivity index (χ0) is 14.7. The topological polar surface area (TPSA) is 70.3 Å². The Morgan fingerprint density at radius 3 is 2.65 bits per heavy atom. The number of aryl methyl sites for hydroxylation is 1. The van der Waals surface area contributed by atoms with Gasteiger partial charge in [-0.25, -0.2) is 9.18 Å². The molecule has 0 fully saturated rings.